The van der Waals surface area contributed by atoms with Crippen molar-refractivity contribution in [3.05, 3.63) is 29.3 Å². The highest BCUT2D eigenvalue weighted by atomic mass is 35.5. The molecule has 1 saturated heterocycles. The van der Waals surface area contributed by atoms with Crippen molar-refractivity contribution in [1.29, 1.82) is 5.26 Å². The van der Waals surface area contributed by atoms with Gasteiger partial charge in [0.2, 0.25) is 0 Å². The molecule has 2 rings (SSSR count). The third-order valence-corrected chi connectivity index (χ3v) is 5.08. The number of amides is 1. The molecular formula is C18H26ClN4O+. The van der Waals surface area contributed by atoms with Gasteiger partial charge in [-0.2, -0.15) is 5.26 Å². The number of nitrogens with zero attached hydrogens (tertiary/aromatic N) is 2. The van der Waals surface area contributed by atoms with E-state index in [2.05, 4.69) is 22.4 Å². The first-order valence-electron chi connectivity index (χ1n) is 8.40. The molecule has 6 heteroatoms. The lowest BCUT2D eigenvalue weighted by molar-refractivity contribution is -0.892. The highest BCUT2D eigenvalue weighted by molar-refractivity contribution is 6.30. The standard InChI is InChI=1S/C18H25ClN4O/c1-14(2)18(3,13-20)21-17(24)12-22-7-9-23(10-8-22)16-6-4-5-15(19)11-16/h4-6,11,14H,7-10,12H2,1-3H3,(H,21,24)/p+1/t18-/m1/s1. The van der Waals surface area contributed by atoms with E-state index < -0.39 is 5.54 Å². The predicted molar refractivity (Wildman–Crippen MR) is 96.2 cm³/mol. The van der Waals surface area contributed by atoms with E-state index in [9.17, 15) is 10.1 Å². The molecule has 0 saturated carbocycles. The molecule has 1 aromatic carbocycles. The summed E-state index contributed by atoms with van der Waals surface area (Å²) < 4.78 is 0. The fraction of sp³-hybridized carbons (Fsp3) is 0.556. The van der Waals surface area contributed by atoms with E-state index in [1.165, 1.54) is 4.90 Å². The zero-order chi connectivity index (χ0) is 17.7. The van der Waals surface area contributed by atoms with Gasteiger partial charge in [-0.05, 0) is 31.0 Å². The van der Waals surface area contributed by atoms with Crippen molar-refractivity contribution in [3.8, 4) is 6.07 Å². The first-order valence-corrected chi connectivity index (χ1v) is 8.78. The van der Waals surface area contributed by atoms with Crippen molar-refractivity contribution in [1.82, 2.24) is 5.32 Å². The largest absolute Gasteiger partial charge is 0.360 e. The normalized spacial score (nSPS) is 18.1. The molecule has 0 aromatic heterocycles. The Bertz CT molecular complexity index is 620. The number of nitriles is 1. The van der Waals surface area contributed by atoms with E-state index >= 15 is 0 Å². The van der Waals surface area contributed by atoms with Crippen LogP contribution in [0.2, 0.25) is 5.02 Å². The monoisotopic (exact) mass is 349 g/mol. The van der Waals surface area contributed by atoms with Crippen molar-refractivity contribution in [2.45, 2.75) is 26.3 Å². The van der Waals surface area contributed by atoms with Gasteiger partial charge in [0.05, 0.1) is 32.2 Å². The fourth-order valence-electron chi connectivity index (χ4n) is 2.79. The van der Waals surface area contributed by atoms with Crippen LogP contribution in [0.25, 0.3) is 0 Å². The van der Waals surface area contributed by atoms with Crippen LogP contribution in [-0.2, 0) is 4.79 Å². The predicted octanol–water partition coefficient (Wildman–Crippen LogP) is 1.10. The maximum atomic E-state index is 12.3. The number of hydrogen-bond donors (Lipinski definition) is 2. The van der Waals surface area contributed by atoms with Gasteiger partial charge in [-0.3, -0.25) is 4.79 Å². The van der Waals surface area contributed by atoms with E-state index in [-0.39, 0.29) is 11.8 Å². The fourth-order valence-corrected chi connectivity index (χ4v) is 2.98. The number of hydrogen-bond acceptors (Lipinski definition) is 3. The number of quaternary nitrogens is 1. The van der Waals surface area contributed by atoms with Gasteiger partial charge in [-0.1, -0.05) is 31.5 Å². The van der Waals surface area contributed by atoms with E-state index in [4.69, 9.17) is 11.6 Å². The summed E-state index contributed by atoms with van der Waals surface area (Å²) in [6.45, 7) is 9.65. The van der Waals surface area contributed by atoms with Gasteiger partial charge in [0.15, 0.2) is 6.54 Å². The zero-order valence-electron chi connectivity index (χ0n) is 14.6. The molecule has 0 aliphatic carbocycles. The number of carbonyl (C=O) groups excluding carboxylic acids is 1. The summed E-state index contributed by atoms with van der Waals surface area (Å²) in [5.41, 5.74) is 0.321. The van der Waals surface area contributed by atoms with Crippen LogP contribution < -0.4 is 15.1 Å². The van der Waals surface area contributed by atoms with Gasteiger partial charge in [0, 0.05) is 10.7 Å². The third kappa shape index (κ3) is 4.62. The second-order valence-electron chi connectivity index (χ2n) is 6.91. The van der Waals surface area contributed by atoms with Gasteiger partial charge in [0.1, 0.15) is 5.54 Å². The van der Waals surface area contributed by atoms with E-state index in [1.54, 1.807) is 6.92 Å². The van der Waals surface area contributed by atoms with Gasteiger partial charge >= 0.3 is 0 Å². The number of halogens is 1. The van der Waals surface area contributed by atoms with E-state index in [0.717, 1.165) is 36.9 Å². The van der Waals surface area contributed by atoms with Crippen LogP contribution in [0.4, 0.5) is 5.69 Å². The summed E-state index contributed by atoms with van der Waals surface area (Å²) in [5, 5.41) is 12.9. The van der Waals surface area contributed by atoms with Crippen molar-refractivity contribution in [2.24, 2.45) is 5.92 Å². The summed E-state index contributed by atoms with van der Waals surface area (Å²) in [4.78, 5) is 15.8. The van der Waals surface area contributed by atoms with Crippen LogP contribution in [0.5, 0.6) is 0 Å². The Balaban J connectivity index is 1.85. The quantitative estimate of drug-likeness (QED) is 0.837. The van der Waals surface area contributed by atoms with Crippen LogP contribution in [0, 0.1) is 17.2 Å². The smallest absolute Gasteiger partial charge is 0.276 e. The van der Waals surface area contributed by atoms with Crippen molar-refractivity contribution >= 4 is 23.2 Å². The molecule has 1 fully saturated rings. The number of carbonyl (C=O) groups is 1. The Hall–Kier alpha value is -1.77. The van der Waals surface area contributed by atoms with E-state index in [1.807, 2.05) is 32.0 Å². The maximum Gasteiger partial charge on any atom is 0.276 e. The summed E-state index contributed by atoms with van der Waals surface area (Å²) in [7, 11) is 0. The molecule has 1 heterocycles. The third-order valence-electron chi connectivity index (χ3n) is 4.84. The summed E-state index contributed by atoms with van der Waals surface area (Å²) in [6.07, 6.45) is 0. The second-order valence-corrected chi connectivity index (χ2v) is 7.35. The SMILES string of the molecule is CC(C)[C@@](C)(C#N)NC(=O)C[NH+]1CCN(c2cccc(Cl)c2)CC1. The lowest BCUT2D eigenvalue weighted by Gasteiger charge is -2.34. The Morgan fingerprint density at radius 3 is 2.67 bits per heavy atom. The first kappa shape index (κ1) is 18.6. The molecule has 1 aromatic rings. The summed E-state index contributed by atoms with van der Waals surface area (Å²) in [6, 6.07) is 10.1. The van der Waals surface area contributed by atoms with Gasteiger partial charge in [-0.25, -0.2) is 0 Å². The molecule has 1 atom stereocenters. The molecule has 0 radical (unpaired) electrons. The van der Waals surface area contributed by atoms with Gasteiger partial charge < -0.3 is 15.1 Å². The minimum atomic E-state index is -0.806. The molecule has 1 aliphatic heterocycles. The van der Waals surface area contributed by atoms with Crippen LogP contribution in [-0.4, -0.2) is 44.2 Å². The Labute approximate surface area is 149 Å². The summed E-state index contributed by atoms with van der Waals surface area (Å²) in [5.74, 6) is 0.0140. The van der Waals surface area contributed by atoms with Gasteiger partial charge in [-0.15, -0.1) is 0 Å². The van der Waals surface area contributed by atoms with Crippen LogP contribution >= 0.6 is 11.6 Å². The first-order chi connectivity index (χ1) is 11.3. The highest BCUT2D eigenvalue weighted by Gasteiger charge is 2.31. The van der Waals surface area contributed by atoms with E-state index in [0.29, 0.717) is 6.54 Å². The van der Waals surface area contributed by atoms with Crippen molar-refractivity contribution in [3.63, 3.8) is 0 Å². The van der Waals surface area contributed by atoms with Crippen LogP contribution in [0.3, 0.4) is 0 Å². The number of nitrogens with one attached hydrogen (secondary N) is 2. The number of anilines is 1. The number of piperazine rings is 1. The lowest BCUT2D eigenvalue weighted by atomic mass is 9.90. The van der Waals surface area contributed by atoms with Crippen molar-refractivity contribution < 1.29 is 9.69 Å². The molecule has 0 unspecified atom stereocenters. The summed E-state index contributed by atoms with van der Waals surface area (Å²) >= 11 is 6.05. The Kier molecular flexibility index (Phi) is 6.09. The Morgan fingerprint density at radius 2 is 2.12 bits per heavy atom. The zero-order valence-corrected chi connectivity index (χ0v) is 15.4. The maximum absolute atomic E-state index is 12.3. The lowest BCUT2D eigenvalue weighted by Crippen LogP contribution is -3.16. The molecule has 0 bridgehead atoms. The minimum Gasteiger partial charge on any atom is -0.360 e. The average Bonchev–Trinajstić information content (AvgIpc) is 2.55. The molecule has 24 heavy (non-hydrogen) atoms. The second kappa shape index (κ2) is 7.87. The number of rotatable bonds is 5. The Morgan fingerprint density at radius 1 is 1.46 bits per heavy atom. The molecule has 130 valence electrons. The average molecular weight is 350 g/mol. The molecule has 1 aliphatic rings. The topological polar surface area (TPSA) is 60.6 Å². The molecule has 5 nitrogen and oxygen atoms in total. The number of benzene rings is 1. The highest BCUT2D eigenvalue weighted by Crippen LogP contribution is 2.19. The molecular weight excluding hydrogens is 324 g/mol. The van der Waals surface area contributed by atoms with Gasteiger partial charge in [0.25, 0.3) is 5.91 Å². The van der Waals surface area contributed by atoms with Crippen LogP contribution in [0.15, 0.2) is 24.3 Å². The molecule has 0 spiro atoms. The molecule has 1 amide bonds. The minimum absolute atomic E-state index is 0.0565. The van der Waals surface area contributed by atoms with Crippen LogP contribution in [0.1, 0.15) is 20.8 Å². The van der Waals surface area contributed by atoms with Crippen molar-refractivity contribution in [2.75, 3.05) is 37.6 Å². The molecule has 2 N–H and O–H groups in total.